The van der Waals surface area contributed by atoms with Gasteiger partial charge < -0.3 is 10.4 Å². The summed E-state index contributed by atoms with van der Waals surface area (Å²) in [5, 5.41) is 23.5. The van der Waals surface area contributed by atoms with Gasteiger partial charge in [-0.3, -0.25) is 14.9 Å². The molecule has 1 aromatic heterocycles. The average molecular weight is 360 g/mol. The quantitative estimate of drug-likeness (QED) is 0.637. The molecule has 25 heavy (non-hydrogen) atoms. The lowest BCUT2D eigenvalue weighted by atomic mass is 9.95. The Kier molecular flexibility index (Phi) is 4.54. The zero-order valence-corrected chi connectivity index (χ0v) is 14.3. The molecule has 1 amide bonds. The number of nitrogens with zero attached hydrogens (tertiary/aromatic N) is 1. The van der Waals surface area contributed by atoms with Gasteiger partial charge in [0.15, 0.2) is 0 Å². The van der Waals surface area contributed by atoms with E-state index in [9.17, 15) is 24.8 Å². The molecular weight excluding hydrogens is 344 g/mol. The Labute approximate surface area is 147 Å². The van der Waals surface area contributed by atoms with Crippen molar-refractivity contribution in [2.24, 2.45) is 0 Å². The van der Waals surface area contributed by atoms with Crippen molar-refractivity contribution >= 4 is 33.9 Å². The molecule has 0 bridgehead atoms. The third-order valence-corrected chi connectivity index (χ3v) is 5.57. The summed E-state index contributed by atoms with van der Waals surface area (Å²) in [6.45, 7) is 1.50. The highest BCUT2D eigenvalue weighted by atomic mass is 32.1. The SMILES string of the molecule is Cc1c(C(=O)Nc2sc3c(c2C(=O)O)CCCC3)cccc1[N+](=O)[O-]. The van der Waals surface area contributed by atoms with E-state index in [-0.39, 0.29) is 22.4 Å². The van der Waals surface area contributed by atoms with Gasteiger partial charge in [-0.2, -0.15) is 0 Å². The van der Waals surface area contributed by atoms with Crippen molar-refractivity contribution in [1.29, 1.82) is 0 Å². The number of carbonyl (C=O) groups is 2. The maximum Gasteiger partial charge on any atom is 0.339 e. The number of aromatic carboxylic acids is 1. The predicted molar refractivity (Wildman–Crippen MR) is 93.7 cm³/mol. The van der Waals surface area contributed by atoms with E-state index < -0.39 is 16.8 Å². The smallest absolute Gasteiger partial charge is 0.339 e. The molecule has 8 heteroatoms. The number of benzene rings is 1. The monoisotopic (exact) mass is 360 g/mol. The first-order valence-corrected chi connectivity index (χ1v) is 8.65. The molecule has 7 nitrogen and oxygen atoms in total. The highest BCUT2D eigenvalue weighted by molar-refractivity contribution is 7.17. The Balaban J connectivity index is 1.97. The van der Waals surface area contributed by atoms with E-state index in [4.69, 9.17) is 0 Å². The van der Waals surface area contributed by atoms with Gasteiger partial charge in [-0.05, 0) is 44.2 Å². The fourth-order valence-corrected chi connectivity index (χ4v) is 4.39. The minimum Gasteiger partial charge on any atom is -0.478 e. The number of carboxylic acid groups (broad SMARTS) is 1. The minimum atomic E-state index is -1.06. The van der Waals surface area contributed by atoms with Gasteiger partial charge in [-0.25, -0.2) is 4.79 Å². The summed E-state index contributed by atoms with van der Waals surface area (Å²) in [5.74, 6) is -1.60. The van der Waals surface area contributed by atoms with Crippen molar-refractivity contribution in [1.82, 2.24) is 0 Å². The number of hydrogen-bond acceptors (Lipinski definition) is 5. The first-order valence-electron chi connectivity index (χ1n) is 7.83. The number of rotatable bonds is 4. The van der Waals surface area contributed by atoms with Crippen molar-refractivity contribution in [3.63, 3.8) is 0 Å². The Hall–Kier alpha value is -2.74. The van der Waals surface area contributed by atoms with Crippen LogP contribution in [0.4, 0.5) is 10.7 Å². The van der Waals surface area contributed by atoms with Gasteiger partial charge in [0, 0.05) is 22.1 Å². The third kappa shape index (κ3) is 3.12. The minimum absolute atomic E-state index is 0.142. The fraction of sp³-hybridized carbons (Fsp3) is 0.294. The molecule has 0 radical (unpaired) electrons. The zero-order chi connectivity index (χ0) is 18.1. The van der Waals surface area contributed by atoms with Crippen LogP contribution in [0.3, 0.4) is 0 Å². The first-order chi connectivity index (χ1) is 11.9. The molecule has 2 N–H and O–H groups in total. The third-order valence-electron chi connectivity index (χ3n) is 4.36. The highest BCUT2D eigenvalue weighted by Crippen LogP contribution is 2.38. The molecule has 0 aliphatic heterocycles. The van der Waals surface area contributed by atoms with E-state index in [1.165, 1.54) is 36.5 Å². The summed E-state index contributed by atoms with van der Waals surface area (Å²) in [5.41, 5.74) is 1.22. The molecule has 130 valence electrons. The second kappa shape index (κ2) is 6.64. The van der Waals surface area contributed by atoms with Gasteiger partial charge in [0.05, 0.1) is 10.5 Å². The molecule has 1 heterocycles. The van der Waals surface area contributed by atoms with Crippen LogP contribution in [0.2, 0.25) is 0 Å². The van der Waals surface area contributed by atoms with E-state index in [2.05, 4.69) is 5.32 Å². The molecule has 0 fully saturated rings. The van der Waals surface area contributed by atoms with Crippen molar-refractivity contribution in [3.8, 4) is 0 Å². The number of carbonyl (C=O) groups excluding carboxylic acids is 1. The number of fused-ring (bicyclic) bond motifs is 1. The largest absolute Gasteiger partial charge is 0.478 e. The lowest BCUT2D eigenvalue weighted by Gasteiger charge is -2.11. The van der Waals surface area contributed by atoms with Crippen molar-refractivity contribution in [3.05, 3.63) is 55.4 Å². The van der Waals surface area contributed by atoms with E-state index in [0.29, 0.717) is 11.4 Å². The molecule has 0 saturated carbocycles. The number of thiophene rings is 1. The molecule has 1 aromatic carbocycles. The molecule has 2 aromatic rings. The van der Waals surface area contributed by atoms with Crippen LogP contribution in [-0.2, 0) is 12.8 Å². The van der Waals surface area contributed by atoms with Gasteiger partial charge in [-0.1, -0.05) is 6.07 Å². The van der Waals surface area contributed by atoms with Crippen LogP contribution in [-0.4, -0.2) is 21.9 Å². The standard InChI is InChI=1S/C17H16N2O5S/c1-9-10(6-4-7-12(9)19(23)24)15(20)18-16-14(17(21)22)11-5-2-3-8-13(11)25-16/h4,6-7H,2-3,5,8H2,1H3,(H,18,20)(H,21,22). The molecule has 1 aliphatic carbocycles. The molecule has 0 spiro atoms. The number of nitro benzene ring substituents is 1. The van der Waals surface area contributed by atoms with E-state index in [0.717, 1.165) is 29.7 Å². The Morgan fingerprint density at radius 2 is 2.00 bits per heavy atom. The Morgan fingerprint density at radius 1 is 1.28 bits per heavy atom. The number of anilines is 1. The van der Waals surface area contributed by atoms with E-state index in [1.54, 1.807) is 0 Å². The average Bonchev–Trinajstić information content (AvgIpc) is 2.92. The molecule has 0 atom stereocenters. The number of carboxylic acids is 1. The number of amides is 1. The van der Waals surface area contributed by atoms with Crippen LogP contribution >= 0.6 is 11.3 Å². The Bertz CT molecular complexity index is 887. The van der Waals surface area contributed by atoms with Crippen molar-refractivity contribution < 1.29 is 19.6 Å². The number of nitro groups is 1. The summed E-state index contributed by atoms with van der Waals surface area (Å²) in [6, 6.07) is 4.27. The summed E-state index contributed by atoms with van der Waals surface area (Å²) < 4.78 is 0. The topological polar surface area (TPSA) is 110 Å². The predicted octanol–water partition coefficient (Wildman–Crippen LogP) is 3.79. The lowest BCUT2D eigenvalue weighted by molar-refractivity contribution is -0.385. The van der Waals surface area contributed by atoms with Gasteiger partial charge in [0.1, 0.15) is 5.00 Å². The molecule has 3 rings (SSSR count). The van der Waals surface area contributed by atoms with Gasteiger partial charge >= 0.3 is 5.97 Å². The van der Waals surface area contributed by atoms with Gasteiger partial charge in [0.2, 0.25) is 0 Å². The second-order valence-corrected chi connectivity index (χ2v) is 6.99. The second-order valence-electron chi connectivity index (χ2n) is 5.88. The van der Waals surface area contributed by atoms with Gasteiger partial charge in [-0.15, -0.1) is 11.3 Å². The summed E-state index contributed by atoms with van der Waals surface area (Å²) >= 11 is 1.28. The summed E-state index contributed by atoms with van der Waals surface area (Å²) in [7, 11) is 0. The summed E-state index contributed by atoms with van der Waals surface area (Å²) in [6.07, 6.45) is 3.44. The maximum atomic E-state index is 12.6. The number of aryl methyl sites for hydroxylation is 1. The van der Waals surface area contributed by atoms with Crippen LogP contribution in [0.15, 0.2) is 18.2 Å². The van der Waals surface area contributed by atoms with Crippen molar-refractivity contribution in [2.45, 2.75) is 32.6 Å². The van der Waals surface area contributed by atoms with E-state index in [1.807, 2.05) is 0 Å². The highest BCUT2D eigenvalue weighted by Gasteiger charge is 2.27. The van der Waals surface area contributed by atoms with Crippen LogP contribution in [0.5, 0.6) is 0 Å². The molecule has 0 saturated heterocycles. The summed E-state index contributed by atoms with van der Waals surface area (Å²) in [4.78, 5) is 35.7. The van der Waals surface area contributed by atoms with E-state index >= 15 is 0 Å². The van der Waals surface area contributed by atoms with Crippen LogP contribution in [0.25, 0.3) is 0 Å². The Morgan fingerprint density at radius 3 is 2.68 bits per heavy atom. The maximum absolute atomic E-state index is 12.6. The number of nitrogens with one attached hydrogen (secondary N) is 1. The fourth-order valence-electron chi connectivity index (χ4n) is 3.12. The van der Waals surface area contributed by atoms with Crippen LogP contribution < -0.4 is 5.32 Å². The normalized spacial score (nSPS) is 13.2. The van der Waals surface area contributed by atoms with Gasteiger partial charge in [0.25, 0.3) is 11.6 Å². The van der Waals surface area contributed by atoms with Crippen LogP contribution in [0.1, 0.15) is 49.6 Å². The molecule has 1 aliphatic rings. The van der Waals surface area contributed by atoms with Crippen molar-refractivity contribution in [2.75, 3.05) is 5.32 Å². The first kappa shape index (κ1) is 17.1. The zero-order valence-electron chi connectivity index (χ0n) is 13.5. The lowest BCUT2D eigenvalue weighted by Crippen LogP contribution is -2.15. The molecule has 0 unspecified atom stereocenters. The number of hydrogen-bond donors (Lipinski definition) is 2. The van der Waals surface area contributed by atoms with Crippen LogP contribution in [0, 0.1) is 17.0 Å². The molecular formula is C17H16N2O5S.